The number of fused-ring (bicyclic) bond motifs is 1. The minimum atomic E-state index is 0.504. The maximum atomic E-state index is 5.95. The van der Waals surface area contributed by atoms with Crippen molar-refractivity contribution in [3.8, 4) is 0 Å². The standard InChI is InChI=1S/C15H21ClN2/c1-11(12-2-4-14(16)5-3-12)18-9-7-15-13(10-18)6-8-17-15/h2-5,11,13,15,17H,6-10H2,1H3. The highest BCUT2D eigenvalue weighted by molar-refractivity contribution is 6.30. The molecule has 0 radical (unpaired) electrons. The average molecular weight is 265 g/mol. The second-order valence-corrected chi connectivity index (χ2v) is 6.06. The predicted molar refractivity (Wildman–Crippen MR) is 76.0 cm³/mol. The number of nitrogens with one attached hydrogen (secondary N) is 1. The molecule has 3 heteroatoms. The van der Waals surface area contributed by atoms with E-state index in [1.807, 2.05) is 12.1 Å². The van der Waals surface area contributed by atoms with Crippen LogP contribution in [0, 0.1) is 5.92 Å². The maximum absolute atomic E-state index is 5.95. The van der Waals surface area contributed by atoms with E-state index in [0.717, 1.165) is 17.0 Å². The van der Waals surface area contributed by atoms with E-state index in [1.165, 1.54) is 38.0 Å². The van der Waals surface area contributed by atoms with Gasteiger partial charge in [0.1, 0.15) is 0 Å². The van der Waals surface area contributed by atoms with E-state index >= 15 is 0 Å². The number of halogens is 1. The molecule has 1 aromatic carbocycles. The molecule has 3 atom stereocenters. The summed E-state index contributed by atoms with van der Waals surface area (Å²) in [5.74, 6) is 0.855. The SMILES string of the molecule is CC(c1ccc(Cl)cc1)N1CCC2NCCC2C1. The zero-order chi connectivity index (χ0) is 12.5. The Morgan fingerprint density at radius 1 is 1.28 bits per heavy atom. The predicted octanol–water partition coefficient (Wildman–Crippen LogP) is 3.08. The Kier molecular flexibility index (Phi) is 3.60. The van der Waals surface area contributed by atoms with Crippen LogP contribution in [0.25, 0.3) is 0 Å². The molecular formula is C15H21ClN2. The van der Waals surface area contributed by atoms with Gasteiger partial charge in [-0.05, 0) is 49.9 Å². The Morgan fingerprint density at radius 2 is 2.06 bits per heavy atom. The van der Waals surface area contributed by atoms with Gasteiger partial charge in [0.05, 0.1) is 0 Å². The first-order chi connectivity index (χ1) is 8.74. The molecule has 2 aliphatic rings. The molecular weight excluding hydrogens is 244 g/mol. The van der Waals surface area contributed by atoms with Crippen molar-refractivity contribution in [1.29, 1.82) is 0 Å². The highest BCUT2D eigenvalue weighted by atomic mass is 35.5. The van der Waals surface area contributed by atoms with Gasteiger partial charge in [-0.1, -0.05) is 23.7 Å². The van der Waals surface area contributed by atoms with Crippen molar-refractivity contribution in [3.05, 3.63) is 34.9 Å². The molecule has 0 bridgehead atoms. The Bertz CT molecular complexity index is 403. The molecule has 0 spiro atoms. The van der Waals surface area contributed by atoms with Crippen molar-refractivity contribution < 1.29 is 0 Å². The molecule has 18 heavy (non-hydrogen) atoms. The molecule has 3 unspecified atom stereocenters. The van der Waals surface area contributed by atoms with Gasteiger partial charge in [-0.2, -0.15) is 0 Å². The Labute approximate surface area is 114 Å². The summed E-state index contributed by atoms with van der Waals surface area (Å²) in [4.78, 5) is 2.62. The van der Waals surface area contributed by atoms with Crippen LogP contribution in [0.5, 0.6) is 0 Å². The third-order valence-electron chi connectivity index (χ3n) is 4.59. The van der Waals surface area contributed by atoms with Crippen LogP contribution in [0.15, 0.2) is 24.3 Å². The number of rotatable bonds is 2. The summed E-state index contributed by atoms with van der Waals surface area (Å²) in [7, 11) is 0. The Hall–Kier alpha value is -0.570. The Morgan fingerprint density at radius 3 is 2.83 bits per heavy atom. The molecule has 2 nitrogen and oxygen atoms in total. The first-order valence-corrected chi connectivity index (χ1v) is 7.35. The van der Waals surface area contributed by atoms with Crippen LogP contribution in [0.2, 0.25) is 5.02 Å². The second kappa shape index (κ2) is 5.20. The molecule has 3 rings (SSSR count). The van der Waals surface area contributed by atoms with Gasteiger partial charge in [0.2, 0.25) is 0 Å². The summed E-state index contributed by atoms with van der Waals surface area (Å²) in [5.41, 5.74) is 1.38. The van der Waals surface area contributed by atoms with Gasteiger partial charge in [-0.15, -0.1) is 0 Å². The summed E-state index contributed by atoms with van der Waals surface area (Å²) in [6.07, 6.45) is 2.64. The first-order valence-electron chi connectivity index (χ1n) is 6.97. The van der Waals surface area contributed by atoms with E-state index in [0.29, 0.717) is 6.04 Å². The molecule has 2 saturated heterocycles. The molecule has 2 heterocycles. The number of nitrogens with zero attached hydrogens (tertiary/aromatic N) is 1. The highest BCUT2D eigenvalue weighted by Gasteiger charge is 2.34. The van der Waals surface area contributed by atoms with Crippen molar-refractivity contribution in [1.82, 2.24) is 10.2 Å². The van der Waals surface area contributed by atoms with Crippen LogP contribution in [-0.2, 0) is 0 Å². The van der Waals surface area contributed by atoms with E-state index < -0.39 is 0 Å². The molecule has 0 aromatic heterocycles. The molecule has 98 valence electrons. The van der Waals surface area contributed by atoms with Crippen LogP contribution in [0.1, 0.15) is 31.4 Å². The van der Waals surface area contributed by atoms with Gasteiger partial charge in [-0.25, -0.2) is 0 Å². The van der Waals surface area contributed by atoms with E-state index in [4.69, 9.17) is 11.6 Å². The van der Waals surface area contributed by atoms with Crippen molar-refractivity contribution >= 4 is 11.6 Å². The van der Waals surface area contributed by atoms with Crippen LogP contribution in [0.3, 0.4) is 0 Å². The molecule has 2 fully saturated rings. The third kappa shape index (κ3) is 2.42. The van der Waals surface area contributed by atoms with Crippen LogP contribution >= 0.6 is 11.6 Å². The summed E-state index contributed by atoms with van der Waals surface area (Å²) in [6, 6.07) is 9.59. The van der Waals surface area contributed by atoms with Gasteiger partial charge >= 0.3 is 0 Å². The van der Waals surface area contributed by atoms with Gasteiger partial charge in [0.15, 0.2) is 0 Å². The lowest BCUT2D eigenvalue weighted by atomic mass is 9.91. The van der Waals surface area contributed by atoms with Crippen LogP contribution in [-0.4, -0.2) is 30.6 Å². The molecule has 0 saturated carbocycles. The molecule has 0 amide bonds. The van der Waals surface area contributed by atoms with Crippen molar-refractivity contribution in [3.63, 3.8) is 0 Å². The van der Waals surface area contributed by atoms with Gasteiger partial charge in [0.25, 0.3) is 0 Å². The van der Waals surface area contributed by atoms with Gasteiger partial charge in [-0.3, -0.25) is 4.90 Å². The first kappa shape index (κ1) is 12.5. The summed E-state index contributed by atoms with van der Waals surface area (Å²) in [6.45, 7) is 5.96. The molecule has 0 aliphatic carbocycles. The summed E-state index contributed by atoms with van der Waals surface area (Å²) in [5, 5.41) is 4.44. The minimum Gasteiger partial charge on any atom is -0.314 e. The van der Waals surface area contributed by atoms with E-state index in [9.17, 15) is 0 Å². The number of piperidine rings is 1. The highest BCUT2D eigenvalue weighted by Crippen LogP contribution is 2.30. The maximum Gasteiger partial charge on any atom is 0.0406 e. The fourth-order valence-corrected chi connectivity index (χ4v) is 3.51. The fraction of sp³-hybridized carbons (Fsp3) is 0.600. The number of likely N-dealkylation sites (tertiary alicyclic amines) is 1. The lowest BCUT2D eigenvalue weighted by Gasteiger charge is -2.38. The average Bonchev–Trinajstić information content (AvgIpc) is 2.86. The van der Waals surface area contributed by atoms with Crippen molar-refractivity contribution in [2.24, 2.45) is 5.92 Å². The quantitative estimate of drug-likeness (QED) is 0.883. The van der Waals surface area contributed by atoms with Gasteiger partial charge < -0.3 is 5.32 Å². The molecule has 1 N–H and O–H groups in total. The third-order valence-corrected chi connectivity index (χ3v) is 4.84. The topological polar surface area (TPSA) is 15.3 Å². The number of benzene rings is 1. The lowest BCUT2D eigenvalue weighted by Crippen LogP contribution is -2.45. The molecule has 2 aliphatic heterocycles. The molecule has 1 aromatic rings. The van der Waals surface area contributed by atoms with E-state index in [1.54, 1.807) is 0 Å². The summed E-state index contributed by atoms with van der Waals surface area (Å²) >= 11 is 5.95. The zero-order valence-corrected chi connectivity index (χ0v) is 11.7. The fourth-order valence-electron chi connectivity index (χ4n) is 3.38. The normalized spacial score (nSPS) is 30.1. The minimum absolute atomic E-state index is 0.504. The monoisotopic (exact) mass is 264 g/mol. The van der Waals surface area contributed by atoms with E-state index in [2.05, 4.69) is 29.3 Å². The number of hydrogen-bond donors (Lipinski definition) is 1. The van der Waals surface area contributed by atoms with Crippen LogP contribution < -0.4 is 5.32 Å². The van der Waals surface area contributed by atoms with E-state index in [-0.39, 0.29) is 0 Å². The Balaban J connectivity index is 1.69. The second-order valence-electron chi connectivity index (χ2n) is 5.62. The lowest BCUT2D eigenvalue weighted by molar-refractivity contribution is 0.122. The van der Waals surface area contributed by atoms with Gasteiger partial charge in [0, 0.05) is 30.2 Å². The summed E-state index contributed by atoms with van der Waals surface area (Å²) < 4.78 is 0. The largest absolute Gasteiger partial charge is 0.314 e. The van der Waals surface area contributed by atoms with Crippen molar-refractivity contribution in [2.45, 2.75) is 31.8 Å². The van der Waals surface area contributed by atoms with Crippen LogP contribution in [0.4, 0.5) is 0 Å². The smallest absolute Gasteiger partial charge is 0.0406 e. The zero-order valence-electron chi connectivity index (χ0n) is 10.9. The number of hydrogen-bond acceptors (Lipinski definition) is 2. The van der Waals surface area contributed by atoms with Crippen molar-refractivity contribution in [2.75, 3.05) is 19.6 Å².